The summed E-state index contributed by atoms with van der Waals surface area (Å²) in [5, 5.41) is 3.53. The van der Waals surface area contributed by atoms with Crippen molar-refractivity contribution in [1.29, 1.82) is 0 Å². The molecule has 192 valence electrons. The molecule has 7 rings (SSSR count). The molecule has 0 bridgehead atoms. The third-order valence-corrected chi connectivity index (χ3v) is 23.4. The zero-order valence-electron chi connectivity index (χ0n) is 20.1. The van der Waals surface area contributed by atoms with Crippen LogP contribution < -0.4 is 15.9 Å². The maximum Gasteiger partial charge on any atom is 0.264 e. The van der Waals surface area contributed by atoms with Gasteiger partial charge in [0, 0.05) is 55.2 Å². The molecule has 37 heavy (non-hydrogen) atoms. The lowest BCUT2D eigenvalue weighted by molar-refractivity contribution is 0.776. The number of hydrogen-bond acceptors (Lipinski definition) is 7. The molecule has 7 nitrogen and oxygen atoms in total. The quantitative estimate of drug-likeness (QED) is 0.207. The molecule has 13 heteroatoms. The summed E-state index contributed by atoms with van der Waals surface area (Å²) in [5.41, 5.74) is 0. The van der Waals surface area contributed by atoms with Gasteiger partial charge in [-0.2, -0.15) is 13.5 Å². The summed E-state index contributed by atoms with van der Waals surface area (Å²) >= 11 is 14.1. The largest absolute Gasteiger partial charge is 0.264 e. The molecule has 0 saturated carbocycles. The minimum atomic E-state index is -2.98. The number of halogens is 2. The van der Waals surface area contributed by atoms with Crippen LogP contribution in [0.15, 0.2) is 109 Å². The molecule has 3 fully saturated rings. The van der Waals surface area contributed by atoms with Crippen LogP contribution >= 0.6 is 50.5 Å². The number of rotatable bonds is 7. The molecule has 0 amide bonds. The molecule has 1 atom stereocenters. The highest BCUT2D eigenvalue weighted by Crippen LogP contribution is 2.88. The fourth-order valence-electron chi connectivity index (χ4n) is 4.77. The van der Waals surface area contributed by atoms with E-state index in [-0.39, 0.29) is 0 Å². The van der Waals surface area contributed by atoms with Crippen molar-refractivity contribution in [3.05, 3.63) is 91.0 Å². The highest BCUT2D eigenvalue weighted by molar-refractivity contribution is 8.13. The van der Waals surface area contributed by atoms with Crippen molar-refractivity contribution >= 4 is 66.4 Å². The molecule has 0 aliphatic carbocycles. The van der Waals surface area contributed by atoms with Gasteiger partial charge in [0.1, 0.15) is 0 Å². The summed E-state index contributed by atoms with van der Waals surface area (Å²) in [6.07, 6.45) is 0. The van der Waals surface area contributed by atoms with Crippen LogP contribution in [-0.2, 0) is 0 Å². The predicted octanol–water partition coefficient (Wildman–Crippen LogP) is 7.44. The first-order valence-electron chi connectivity index (χ1n) is 12.3. The fraction of sp³-hybridized carbons (Fsp3) is 0.250. The van der Waals surface area contributed by atoms with E-state index in [4.69, 9.17) is 40.5 Å². The SMILES string of the molecule is ClP1(Cl)=NP(N2CC2)(N2CC2)=NP(N=P(c2ccccc2)(c2ccccc2)c2ccccc2)(N2CC2)=N1. The molecule has 4 heterocycles. The van der Waals surface area contributed by atoms with Gasteiger partial charge in [0.25, 0.3) is 13.4 Å². The molecule has 4 aliphatic heterocycles. The van der Waals surface area contributed by atoms with Gasteiger partial charge in [0.15, 0.2) is 0 Å². The van der Waals surface area contributed by atoms with Crippen LogP contribution in [-0.4, -0.2) is 53.3 Å². The molecular formula is C24H27Cl2N7P4. The Balaban J connectivity index is 1.64. The van der Waals surface area contributed by atoms with Crippen molar-refractivity contribution in [3.8, 4) is 0 Å². The van der Waals surface area contributed by atoms with E-state index in [1.165, 1.54) is 15.9 Å². The van der Waals surface area contributed by atoms with Crippen LogP contribution in [0.4, 0.5) is 0 Å². The molecule has 0 spiro atoms. The Morgan fingerprint density at radius 2 is 0.973 bits per heavy atom. The maximum absolute atomic E-state index is 7.03. The van der Waals surface area contributed by atoms with Crippen molar-refractivity contribution < 1.29 is 0 Å². The van der Waals surface area contributed by atoms with E-state index in [9.17, 15) is 0 Å². The molecule has 3 saturated heterocycles. The van der Waals surface area contributed by atoms with Crippen LogP contribution in [0.3, 0.4) is 0 Å². The van der Waals surface area contributed by atoms with E-state index in [1.807, 2.05) is 0 Å². The van der Waals surface area contributed by atoms with Gasteiger partial charge in [0.05, 0.1) is 7.05 Å². The molecule has 4 aliphatic rings. The predicted molar refractivity (Wildman–Crippen MR) is 162 cm³/mol. The Morgan fingerprint density at radius 1 is 0.568 bits per heavy atom. The average Bonchev–Trinajstić information content (AvgIpc) is 3.77. The summed E-state index contributed by atoms with van der Waals surface area (Å²) in [7, 11) is -7.76. The van der Waals surface area contributed by atoms with Gasteiger partial charge in [-0.3, -0.25) is 0 Å². The van der Waals surface area contributed by atoms with E-state index in [1.54, 1.807) is 0 Å². The molecular weight excluding hydrogens is 581 g/mol. The summed E-state index contributed by atoms with van der Waals surface area (Å²) in [5.74, 6) is -2.98. The molecule has 1 unspecified atom stereocenters. The molecule has 0 aromatic heterocycles. The van der Waals surface area contributed by atoms with Crippen LogP contribution in [0.25, 0.3) is 0 Å². The zero-order chi connectivity index (χ0) is 25.1. The van der Waals surface area contributed by atoms with Crippen molar-refractivity contribution in [2.75, 3.05) is 39.3 Å². The lowest BCUT2D eigenvalue weighted by Crippen LogP contribution is -2.25. The molecule has 0 radical (unpaired) electrons. The number of nitrogens with zero attached hydrogens (tertiary/aromatic N) is 7. The van der Waals surface area contributed by atoms with Crippen LogP contribution in [0.2, 0.25) is 0 Å². The smallest absolute Gasteiger partial charge is 0.237 e. The minimum Gasteiger partial charge on any atom is -0.237 e. The lowest BCUT2D eigenvalue weighted by Gasteiger charge is -2.35. The first-order valence-corrected chi connectivity index (χ1v) is 20.8. The van der Waals surface area contributed by atoms with Gasteiger partial charge in [0.2, 0.25) is 7.51 Å². The Hall–Kier alpha value is -0.960. The Labute approximate surface area is 228 Å². The third-order valence-electron chi connectivity index (χ3n) is 6.75. The first kappa shape index (κ1) is 25.0. The van der Waals surface area contributed by atoms with Gasteiger partial charge in [-0.15, -0.1) is 0 Å². The molecule has 0 N–H and O–H groups in total. The van der Waals surface area contributed by atoms with Crippen molar-refractivity contribution in [3.63, 3.8) is 0 Å². The fourth-order valence-corrected chi connectivity index (χ4v) is 24.7. The lowest BCUT2D eigenvalue weighted by atomic mass is 10.4. The van der Waals surface area contributed by atoms with Gasteiger partial charge in [-0.1, -0.05) is 91.0 Å². The van der Waals surface area contributed by atoms with Gasteiger partial charge >= 0.3 is 0 Å². The van der Waals surface area contributed by atoms with E-state index >= 15 is 0 Å². The van der Waals surface area contributed by atoms with Gasteiger partial charge < -0.3 is 0 Å². The van der Waals surface area contributed by atoms with Gasteiger partial charge in [-0.25, -0.2) is 18.5 Å². The van der Waals surface area contributed by atoms with Crippen molar-refractivity contribution in [2.45, 2.75) is 0 Å². The second-order valence-electron chi connectivity index (χ2n) is 9.39. The average molecular weight is 608 g/mol. The van der Waals surface area contributed by atoms with E-state index in [0.29, 0.717) is 0 Å². The van der Waals surface area contributed by atoms with Crippen molar-refractivity contribution in [1.82, 2.24) is 14.0 Å². The van der Waals surface area contributed by atoms with E-state index in [2.05, 4.69) is 105 Å². The molecule has 3 aromatic carbocycles. The maximum atomic E-state index is 7.03. The Kier molecular flexibility index (Phi) is 6.30. The third kappa shape index (κ3) is 4.52. The Bertz CT molecular complexity index is 1440. The highest BCUT2D eigenvalue weighted by atomic mass is 35.9. The number of hydrogen-bond donors (Lipinski definition) is 0. The first-order chi connectivity index (χ1) is 18.0. The summed E-state index contributed by atoms with van der Waals surface area (Å²) in [6, 6.07) is 32.0. The summed E-state index contributed by atoms with van der Waals surface area (Å²) < 4.78 is 28.9. The Morgan fingerprint density at radius 3 is 1.35 bits per heavy atom. The number of benzene rings is 3. The zero-order valence-corrected chi connectivity index (χ0v) is 25.2. The summed E-state index contributed by atoms with van der Waals surface area (Å²) in [6.45, 7) is 5.69. The standard InChI is InChI=1S/C24H27Cl2N7P4/c25-35(26)28-36(31-16-17-31,30-37(29-35,32-18-19-32)33-20-21-33)27-34(22-10-4-1-5-11-22,23-12-6-2-7-13-23)24-14-8-3-9-15-24/h1-15H,16-21H2. The van der Waals surface area contributed by atoms with Crippen LogP contribution in [0.1, 0.15) is 0 Å². The second kappa shape index (κ2) is 9.31. The summed E-state index contributed by atoms with van der Waals surface area (Å²) in [4.78, 5) is 0. The van der Waals surface area contributed by atoms with E-state index < -0.39 is 28.0 Å². The topological polar surface area (TPSA) is 58.5 Å². The van der Waals surface area contributed by atoms with E-state index in [0.717, 1.165) is 39.3 Å². The van der Waals surface area contributed by atoms with Crippen LogP contribution in [0.5, 0.6) is 0 Å². The highest BCUT2D eigenvalue weighted by Gasteiger charge is 2.53. The monoisotopic (exact) mass is 607 g/mol. The van der Waals surface area contributed by atoms with Crippen molar-refractivity contribution in [2.24, 2.45) is 18.1 Å². The van der Waals surface area contributed by atoms with Gasteiger partial charge in [-0.05, 0) is 22.5 Å². The molecule has 3 aromatic rings. The second-order valence-corrected chi connectivity index (χ2v) is 23.2. The normalized spacial score (nSPS) is 26.3. The van der Waals surface area contributed by atoms with Crippen LogP contribution in [0, 0.1) is 0 Å². The minimum absolute atomic E-state index is 0.899.